The maximum absolute atomic E-state index is 14.1. The Balaban J connectivity index is 2.00. The van der Waals surface area contributed by atoms with Crippen molar-refractivity contribution in [3.05, 3.63) is 35.1 Å². The second kappa shape index (κ2) is 7.78. The quantitative estimate of drug-likeness (QED) is 0.758. The molecule has 0 amide bonds. The molecule has 1 N–H and O–H groups in total. The first kappa shape index (κ1) is 15.5. The van der Waals surface area contributed by atoms with E-state index in [1.54, 1.807) is 6.07 Å². The van der Waals surface area contributed by atoms with Gasteiger partial charge in [-0.3, -0.25) is 0 Å². The van der Waals surface area contributed by atoms with Crippen LogP contribution in [0.15, 0.2) is 18.2 Å². The summed E-state index contributed by atoms with van der Waals surface area (Å²) in [6.45, 7) is 5.02. The van der Waals surface area contributed by atoms with Crippen LogP contribution in [0.4, 0.5) is 4.39 Å². The van der Waals surface area contributed by atoms with E-state index in [2.05, 4.69) is 12.2 Å². The molecule has 1 saturated carbocycles. The maximum atomic E-state index is 14.1. The SMILES string of the molecule is CCNC(CCC1CCCCC1)c1cc(C)ccc1F. The summed E-state index contributed by atoms with van der Waals surface area (Å²) in [6.07, 6.45) is 9.19. The molecule has 0 radical (unpaired) electrons. The van der Waals surface area contributed by atoms with Gasteiger partial charge in [-0.25, -0.2) is 4.39 Å². The molecule has 0 heterocycles. The summed E-state index contributed by atoms with van der Waals surface area (Å²) in [4.78, 5) is 0. The Bertz CT molecular complexity index is 410. The van der Waals surface area contributed by atoms with Gasteiger partial charge in [-0.15, -0.1) is 0 Å². The lowest BCUT2D eigenvalue weighted by Crippen LogP contribution is -2.23. The van der Waals surface area contributed by atoms with Gasteiger partial charge in [0.2, 0.25) is 0 Å². The Labute approximate surface area is 123 Å². The zero-order valence-electron chi connectivity index (χ0n) is 12.9. The van der Waals surface area contributed by atoms with Crippen LogP contribution in [0.5, 0.6) is 0 Å². The molecule has 1 fully saturated rings. The molecule has 0 bridgehead atoms. The van der Waals surface area contributed by atoms with Crippen LogP contribution in [0.3, 0.4) is 0 Å². The minimum absolute atomic E-state index is 0.0646. The van der Waals surface area contributed by atoms with Crippen molar-refractivity contribution in [2.24, 2.45) is 5.92 Å². The second-order valence-electron chi connectivity index (χ2n) is 6.22. The lowest BCUT2D eigenvalue weighted by atomic mass is 9.84. The van der Waals surface area contributed by atoms with E-state index in [1.165, 1.54) is 38.5 Å². The third kappa shape index (κ3) is 4.31. The smallest absolute Gasteiger partial charge is 0.127 e. The summed E-state index contributed by atoms with van der Waals surface area (Å²) >= 11 is 0. The summed E-state index contributed by atoms with van der Waals surface area (Å²) in [7, 11) is 0. The highest BCUT2D eigenvalue weighted by Gasteiger charge is 2.19. The maximum Gasteiger partial charge on any atom is 0.127 e. The summed E-state index contributed by atoms with van der Waals surface area (Å²) in [5.74, 6) is 0.794. The second-order valence-corrected chi connectivity index (χ2v) is 6.22. The average molecular weight is 277 g/mol. The van der Waals surface area contributed by atoms with Gasteiger partial charge in [0.25, 0.3) is 0 Å². The van der Waals surface area contributed by atoms with Gasteiger partial charge < -0.3 is 5.32 Å². The van der Waals surface area contributed by atoms with Crippen LogP contribution >= 0.6 is 0 Å². The first-order valence-electron chi connectivity index (χ1n) is 8.20. The molecule has 0 spiro atoms. The molecule has 1 aliphatic rings. The highest BCUT2D eigenvalue weighted by Crippen LogP contribution is 2.31. The molecule has 2 rings (SSSR count). The fourth-order valence-electron chi connectivity index (χ4n) is 3.42. The number of hydrogen-bond donors (Lipinski definition) is 1. The first-order valence-corrected chi connectivity index (χ1v) is 8.20. The molecule has 1 unspecified atom stereocenters. The van der Waals surface area contributed by atoms with E-state index in [4.69, 9.17) is 0 Å². The van der Waals surface area contributed by atoms with Gasteiger partial charge in [0.05, 0.1) is 0 Å². The standard InChI is InChI=1S/C18H28FN/c1-3-20-18(12-10-15-7-5-4-6-8-15)16-13-14(2)9-11-17(16)19/h9,11,13,15,18,20H,3-8,10,12H2,1-2H3. The Morgan fingerprint density at radius 1 is 1.25 bits per heavy atom. The largest absolute Gasteiger partial charge is 0.310 e. The fraction of sp³-hybridized carbons (Fsp3) is 0.667. The predicted molar refractivity (Wildman–Crippen MR) is 83.4 cm³/mol. The Hall–Kier alpha value is -0.890. The van der Waals surface area contributed by atoms with Crippen LogP contribution in [-0.2, 0) is 0 Å². The highest BCUT2D eigenvalue weighted by molar-refractivity contribution is 5.26. The number of aryl methyl sites for hydroxylation is 1. The summed E-state index contributed by atoms with van der Waals surface area (Å²) in [6, 6.07) is 5.63. The molecular weight excluding hydrogens is 249 g/mol. The van der Waals surface area contributed by atoms with Crippen molar-refractivity contribution in [2.45, 2.75) is 64.8 Å². The number of hydrogen-bond acceptors (Lipinski definition) is 1. The van der Waals surface area contributed by atoms with E-state index in [0.29, 0.717) is 0 Å². The van der Waals surface area contributed by atoms with Gasteiger partial charge in [-0.2, -0.15) is 0 Å². The van der Waals surface area contributed by atoms with E-state index in [-0.39, 0.29) is 11.9 Å². The van der Waals surface area contributed by atoms with E-state index in [0.717, 1.165) is 30.0 Å². The third-order valence-electron chi connectivity index (χ3n) is 4.57. The van der Waals surface area contributed by atoms with Crippen LogP contribution in [0, 0.1) is 18.7 Å². The molecule has 1 aliphatic carbocycles. The minimum Gasteiger partial charge on any atom is -0.310 e. The number of rotatable bonds is 6. The van der Waals surface area contributed by atoms with Crippen molar-refractivity contribution in [3.63, 3.8) is 0 Å². The molecule has 1 aromatic carbocycles. The molecule has 0 aromatic heterocycles. The van der Waals surface area contributed by atoms with Crippen LogP contribution < -0.4 is 5.32 Å². The molecular formula is C18H28FN. The zero-order chi connectivity index (χ0) is 14.4. The third-order valence-corrected chi connectivity index (χ3v) is 4.57. The lowest BCUT2D eigenvalue weighted by Gasteiger charge is -2.25. The Kier molecular flexibility index (Phi) is 6.03. The van der Waals surface area contributed by atoms with Crippen molar-refractivity contribution >= 4 is 0 Å². The number of nitrogens with one attached hydrogen (secondary N) is 1. The van der Waals surface area contributed by atoms with Crippen molar-refractivity contribution in [2.75, 3.05) is 6.54 Å². The van der Waals surface area contributed by atoms with Crippen molar-refractivity contribution in [1.29, 1.82) is 0 Å². The van der Waals surface area contributed by atoms with Gasteiger partial charge >= 0.3 is 0 Å². The lowest BCUT2D eigenvalue weighted by molar-refractivity contribution is 0.313. The predicted octanol–water partition coefficient (Wildman–Crippen LogP) is 5.15. The molecule has 112 valence electrons. The average Bonchev–Trinajstić information content (AvgIpc) is 2.47. The molecule has 0 aliphatic heterocycles. The molecule has 1 nitrogen and oxygen atoms in total. The van der Waals surface area contributed by atoms with Gasteiger partial charge in [0.1, 0.15) is 5.82 Å². The van der Waals surface area contributed by atoms with Gasteiger partial charge in [0, 0.05) is 11.6 Å². The molecule has 20 heavy (non-hydrogen) atoms. The summed E-state index contributed by atoms with van der Waals surface area (Å²) < 4.78 is 14.1. The van der Waals surface area contributed by atoms with Gasteiger partial charge in [-0.1, -0.05) is 56.7 Å². The monoisotopic (exact) mass is 277 g/mol. The topological polar surface area (TPSA) is 12.0 Å². The fourth-order valence-corrected chi connectivity index (χ4v) is 3.42. The first-order chi connectivity index (χ1) is 9.70. The van der Waals surface area contributed by atoms with Gasteiger partial charge in [-0.05, 0) is 38.3 Å². The molecule has 2 heteroatoms. The van der Waals surface area contributed by atoms with Crippen molar-refractivity contribution in [1.82, 2.24) is 5.32 Å². The van der Waals surface area contributed by atoms with Crippen LogP contribution in [0.25, 0.3) is 0 Å². The zero-order valence-corrected chi connectivity index (χ0v) is 12.9. The Morgan fingerprint density at radius 3 is 2.70 bits per heavy atom. The van der Waals surface area contributed by atoms with E-state index in [9.17, 15) is 4.39 Å². The minimum atomic E-state index is -0.0646. The van der Waals surface area contributed by atoms with E-state index in [1.807, 2.05) is 19.1 Å². The molecule has 1 atom stereocenters. The van der Waals surface area contributed by atoms with Crippen LogP contribution in [0.1, 0.15) is 69.0 Å². The van der Waals surface area contributed by atoms with E-state index >= 15 is 0 Å². The number of halogens is 1. The normalized spacial score (nSPS) is 18.1. The molecule has 0 saturated heterocycles. The van der Waals surface area contributed by atoms with E-state index < -0.39 is 0 Å². The highest BCUT2D eigenvalue weighted by atomic mass is 19.1. The van der Waals surface area contributed by atoms with Crippen molar-refractivity contribution in [3.8, 4) is 0 Å². The van der Waals surface area contributed by atoms with Crippen molar-refractivity contribution < 1.29 is 4.39 Å². The summed E-state index contributed by atoms with van der Waals surface area (Å²) in [5, 5.41) is 3.47. The van der Waals surface area contributed by atoms with Crippen LogP contribution in [-0.4, -0.2) is 6.54 Å². The van der Waals surface area contributed by atoms with Gasteiger partial charge in [0.15, 0.2) is 0 Å². The summed E-state index contributed by atoms with van der Waals surface area (Å²) in [5.41, 5.74) is 1.99. The molecule has 1 aromatic rings. The Morgan fingerprint density at radius 2 is 2.00 bits per heavy atom. The van der Waals surface area contributed by atoms with Crippen LogP contribution in [0.2, 0.25) is 0 Å². The number of benzene rings is 1.